The van der Waals surface area contributed by atoms with E-state index in [-0.39, 0.29) is 25.0 Å². The van der Waals surface area contributed by atoms with Gasteiger partial charge in [0, 0.05) is 19.0 Å². The lowest BCUT2D eigenvalue weighted by atomic mass is 10.1. The number of halogens is 3. The fourth-order valence-corrected chi connectivity index (χ4v) is 1.18. The molecule has 0 aliphatic carbocycles. The van der Waals surface area contributed by atoms with E-state index in [4.69, 9.17) is 10.9 Å². The van der Waals surface area contributed by atoms with Gasteiger partial charge in [0.05, 0.1) is 6.61 Å². The Bertz CT molecular complexity index is 234. The molecule has 5 nitrogen and oxygen atoms in total. The normalized spacial score (nSPS) is 14.9. The molecule has 0 spiro atoms. The van der Waals surface area contributed by atoms with Gasteiger partial charge in [0.1, 0.15) is 12.4 Å². The minimum absolute atomic E-state index is 0.0355. The van der Waals surface area contributed by atoms with Crippen molar-refractivity contribution >= 4 is 5.84 Å². The lowest BCUT2D eigenvalue weighted by molar-refractivity contribution is -0.173. The summed E-state index contributed by atoms with van der Waals surface area (Å²) in [6.07, 6.45) is -3.24. The number of nitrogens with zero attached hydrogens (tertiary/aromatic N) is 1. The molecule has 17 heavy (non-hydrogen) atoms. The van der Waals surface area contributed by atoms with Crippen molar-refractivity contribution in [2.45, 2.75) is 32.0 Å². The predicted molar refractivity (Wildman–Crippen MR) is 57.0 cm³/mol. The lowest BCUT2D eigenvalue weighted by Gasteiger charge is -2.16. The number of hydrogen-bond acceptors (Lipinski definition) is 4. The molecule has 1 unspecified atom stereocenters. The minimum Gasteiger partial charge on any atom is -0.409 e. The van der Waals surface area contributed by atoms with Crippen LogP contribution in [0.4, 0.5) is 13.2 Å². The number of nitrogens with two attached hydrogens (primary N) is 1. The van der Waals surface area contributed by atoms with Crippen LogP contribution in [0.1, 0.15) is 19.8 Å². The van der Waals surface area contributed by atoms with Crippen molar-refractivity contribution in [1.29, 1.82) is 0 Å². The summed E-state index contributed by atoms with van der Waals surface area (Å²) < 4.78 is 39.6. The van der Waals surface area contributed by atoms with E-state index in [1.54, 1.807) is 0 Å². The van der Waals surface area contributed by atoms with Crippen LogP contribution in [0.25, 0.3) is 0 Å². The van der Waals surface area contributed by atoms with Crippen LogP contribution < -0.4 is 11.1 Å². The SMILES string of the molecule is CCC(CC(N)=NO)NCCOCC(F)(F)F. The molecule has 0 radical (unpaired) electrons. The number of ether oxygens (including phenoxy) is 1. The van der Waals surface area contributed by atoms with Crippen LogP contribution in [-0.4, -0.2) is 43.0 Å². The Morgan fingerprint density at radius 2 is 2.18 bits per heavy atom. The van der Waals surface area contributed by atoms with Crippen LogP contribution in [0.3, 0.4) is 0 Å². The fourth-order valence-electron chi connectivity index (χ4n) is 1.18. The molecule has 0 aromatic carbocycles. The molecule has 8 heteroatoms. The molecule has 1 atom stereocenters. The molecular weight excluding hydrogens is 239 g/mol. The molecule has 0 heterocycles. The maximum absolute atomic E-state index is 11.7. The number of amidine groups is 1. The van der Waals surface area contributed by atoms with Gasteiger partial charge >= 0.3 is 6.18 Å². The molecule has 0 bridgehead atoms. The molecule has 0 saturated carbocycles. The van der Waals surface area contributed by atoms with Gasteiger partial charge in [-0.2, -0.15) is 13.2 Å². The molecule has 0 aromatic rings. The first-order chi connectivity index (χ1) is 7.89. The van der Waals surface area contributed by atoms with Gasteiger partial charge in [-0.15, -0.1) is 0 Å². The summed E-state index contributed by atoms with van der Waals surface area (Å²) in [6, 6.07) is -0.0413. The Balaban J connectivity index is 3.64. The summed E-state index contributed by atoms with van der Waals surface area (Å²) in [7, 11) is 0. The molecule has 0 rings (SSSR count). The van der Waals surface area contributed by atoms with E-state index in [9.17, 15) is 13.2 Å². The summed E-state index contributed by atoms with van der Waals surface area (Å²) in [4.78, 5) is 0. The van der Waals surface area contributed by atoms with Crippen LogP contribution in [-0.2, 0) is 4.74 Å². The summed E-state index contributed by atoms with van der Waals surface area (Å²) >= 11 is 0. The zero-order valence-electron chi connectivity index (χ0n) is 9.63. The molecule has 0 fully saturated rings. The maximum Gasteiger partial charge on any atom is 0.411 e. The van der Waals surface area contributed by atoms with E-state index in [2.05, 4.69) is 15.2 Å². The van der Waals surface area contributed by atoms with Gasteiger partial charge in [0.2, 0.25) is 0 Å². The number of nitrogens with one attached hydrogen (secondary N) is 1. The largest absolute Gasteiger partial charge is 0.411 e. The third-order valence-corrected chi connectivity index (χ3v) is 2.02. The molecule has 4 N–H and O–H groups in total. The number of rotatable bonds is 8. The van der Waals surface area contributed by atoms with Gasteiger partial charge < -0.3 is 21.0 Å². The summed E-state index contributed by atoms with van der Waals surface area (Å²) in [5.41, 5.74) is 5.32. The second-order valence-electron chi connectivity index (χ2n) is 3.52. The van der Waals surface area contributed by atoms with E-state index in [1.807, 2.05) is 6.92 Å². The van der Waals surface area contributed by atoms with Crippen LogP contribution in [0.15, 0.2) is 5.16 Å². The Kier molecular flexibility index (Phi) is 7.64. The Hall–Kier alpha value is -1.02. The van der Waals surface area contributed by atoms with Crippen molar-refractivity contribution < 1.29 is 23.1 Å². The standard InChI is InChI=1S/C9H18F3N3O2/c1-2-7(5-8(13)15-16)14-3-4-17-6-9(10,11)12/h7,14,16H,2-6H2,1H3,(H2,13,15). The number of alkyl halides is 3. The van der Waals surface area contributed by atoms with Crippen molar-refractivity contribution in [3.05, 3.63) is 0 Å². The van der Waals surface area contributed by atoms with E-state index >= 15 is 0 Å². The molecule has 102 valence electrons. The van der Waals surface area contributed by atoms with Gasteiger partial charge in [0.15, 0.2) is 0 Å². The predicted octanol–water partition coefficient (Wildman–Crippen LogP) is 1.07. The molecule has 0 aromatic heterocycles. The zero-order chi connectivity index (χ0) is 13.3. The molecule has 0 aliphatic rings. The van der Waals surface area contributed by atoms with Crippen molar-refractivity contribution in [3.63, 3.8) is 0 Å². The second-order valence-corrected chi connectivity index (χ2v) is 3.52. The quantitative estimate of drug-likeness (QED) is 0.200. The van der Waals surface area contributed by atoms with Gasteiger partial charge in [-0.3, -0.25) is 0 Å². The van der Waals surface area contributed by atoms with Crippen molar-refractivity contribution in [3.8, 4) is 0 Å². The lowest BCUT2D eigenvalue weighted by Crippen LogP contribution is -2.35. The highest BCUT2D eigenvalue weighted by Crippen LogP contribution is 2.13. The highest BCUT2D eigenvalue weighted by molar-refractivity contribution is 5.80. The van der Waals surface area contributed by atoms with Crippen molar-refractivity contribution in [2.24, 2.45) is 10.9 Å². The van der Waals surface area contributed by atoms with E-state index in [1.165, 1.54) is 0 Å². The van der Waals surface area contributed by atoms with Crippen LogP contribution in [0.5, 0.6) is 0 Å². The Labute approximate surface area is 97.8 Å². The monoisotopic (exact) mass is 257 g/mol. The summed E-state index contributed by atoms with van der Waals surface area (Å²) in [6.45, 7) is 0.893. The van der Waals surface area contributed by atoms with Crippen LogP contribution in [0.2, 0.25) is 0 Å². The first-order valence-electron chi connectivity index (χ1n) is 5.23. The van der Waals surface area contributed by atoms with Crippen LogP contribution >= 0.6 is 0 Å². The van der Waals surface area contributed by atoms with Crippen molar-refractivity contribution in [1.82, 2.24) is 5.32 Å². The molecule has 0 aliphatic heterocycles. The highest BCUT2D eigenvalue weighted by atomic mass is 19.4. The van der Waals surface area contributed by atoms with Gasteiger partial charge in [-0.1, -0.05) is 12.1 Å². The Morgan fingerprint density at radius 3 is 2.65 bits per heavy atom. The highest BCUT2D eigenvalue weighted by Gasteiger charge is 2.27. The van der Waals surface area contributed by atoms with Gasteiger partial charge in [-0.05, 0) is 6.42 Å². The van der Waals surface area contributed by atoms with E-state index in [0.717, 1.165) is 6.42 Å². The first kappa shape index (κ1) is 16.0. The average molecular weight is 257 g/mol. The molecule has 0 saturated heterocycles. The van der Waals surface area contributed by atoms with E-state index in [0.29, 0.717) is 6.42 Å². The smallest absolute Gasteiger partial charge is 0.409 e. The average Bonchev–Trinajstić information content (AvgIpc) is 2.25. The first-order valence-corrected chi connectivity index (χ1v) is 5.23. The third-order valence-electron chi connectivity index (χ3n) is 2.02. The van der Waals surface area contributed by atoms with Gasteiger partial charge in [-0.25, -0.2) is 0 Å². The third kappa shape index (κ3) is 9.88. The summed E-state index contributed by atoms with van der Waals surface area (Å²) in [5, 5.41) is 14.1. The topological polar surface area (TPSA) is 79.9 Å². The Morgan fingerprint density at radius 1 is 1.53 bits per heavy atom. The molecular formula is C9H18F3N3O2. The fraction of sp³-hybridized carbons (Fsp3) is 0.889. The molecule has 0 amide bonds. The number of oxime groups is 1. The van der Waals surface area contributed by atoms with Gasteiger partial charge in [0.25, 0.3) is 0 Å². The summed E-state index contributed by atoms with van der Waals surface area (Å²) in [5.74, 6) is 0.0839. The van der Waals surface area contributed by atoms with E-state index < -0.39 is 12.8 Å². The van der Waals surface area contributed by atoms with Crippen LogP contribution in [0, 0.1) is 0 Å². The zero-order valence-corrected chi connectivity index (χ0v) is 9.63. The maximum atomic E-state index is 11.7. The van der Waals surface area contributed by atoms with Crippen molar-refractivity contribution in [2.75, 3.05) is 19.8 Å². The number of hydrogen-bond donors (Lipinski definition) is 3. The minimum atomic E-state index is -4.29. The second kappa shape index (κ2) is 8.13.